The highest BCUT2D eigenvalue weighted by molar-refractivity contribution is 5.62. The van der Waals surface area contributed by atoms with Crippen molar-refractivity contribution in [1.82, 2.24) is 5.32 Å². The lowest BCUT2D eigenvalue weighted by Crippen LogP contribution is -2.39. The molecule has 0 aliphatic carbocycles. The predicted octanol–water partition coefficient (Wildman–Crippen LogP) is 5.80. The molecule has 0 bridgehead atoms. The molecule has 204 valence electrons. The van der Waals surface area contributed by atoms with Crippen molar-refractivity contribution in [2.24, 2.45) is 0 Å². The van der Waals surface area contributed by atoms with E-state index < -0.39 is 28.1 Å². The molecule has 4 aromatic carbocycles. The molecule has 4 rings (SSSR count). The molecule has 4 aromatic rings. The maximum atomic E-state index is 13.9. The molecule has 0 saturated heterocycles. The summed E-state index contributed by atoms with van der Waals surface area (Å²) in [6.45, 7) is 7.62. The van der Waals surface area contributed by atoms with Crippen molar-refractivity contribution in [3.63, 3.8) is 0 Å². The Labute approximate surface area is 226 Å². The molecule has 2 atom stereocenters. The Kier molecular flexibility index (Phi) is 8.16. The van der Waals surface area contributed by atoms with Gasteiger partial charge in [-0.15, -0.1) is 0 Å². The topological polar surface area (TPSA) is 76.7 Å². The van der Waals surface area contributed by atoms with Crippen LogP contribution in [0.4, 0.5) is 14.5 Å². The Morgan fingerprint density at radius 2 is 1.54 bits per heavy atom. The zero-order chi connectivity index (χ0) is 28.3. The number of hydrogen-bond acceptors (Lipinski definition) is 6. The lowest BCUT2D eigenvalue weighted by atomic mass is 9.95. The second-order valence-electron chi connectivity index (χ2n) is 10.4. The second kappa shape index (κ2) is 11.4. The van der Waals surface area contributed by atoms with Gasteiger partial charge < -0.3 is 14.8 Å². The summed E-state index contributed by atoms with van der Waals surface area (Å²) in [6.07, 6.45) is 0. The van der Waals surface area contributed by atoms with E-state index in [4.69, 9.17) is 9.47 Å². The molecule has 0 radical (unpaired) electrons. The van der Waals surface area contributed by atoms with Crippen LogP contribution in [0.5, 0.6) is 11.5 Å². The lowest BCUT2D eigenvalue weighted by molar-refractivity contribution is 0.128. The fourth-order valence-electron chi connectivity index (χ4n) is 4.32. The molecular weight excluding hydrogens is 502 g/mol. The van der Waals surface area contributed by atoms with Crippen LogP contribution in [-0.4, -0.2) is 12.7 Å². The van der Waals surface area contributed by atoms with Gasteiger partial charge in [-0.05, 0) is 74.2 Å². The van der Waals surface area contributed by atoms with Gasteiger partial charge in [0.15, 0.2) is 17.4 Å². The summed E-state index contributed by atoms with van der Waals surface area (Å²) in [6, 6.07) is 18.6. The van der Waals surface area contributed by atoms with Gasteiger partial charge in [-0.25, -0.2) is 8.78 Å². The molecule has 2 unspecified atom stereocenters. The van der Waals surface area contributed by atoms with E-state index in [0.29, 0.717) is 17.9 Å². The van der Waals surface area contributed by atoms with Gasteiger partial charge in [0.2, 0.25) is 0 Å². The van der Waals surface area contributed by atoms with Crippen LogP contribution in [-0.2, 0) is 6.54 Å². The minimum atomic E-state index is -0.900. The smallest absolute Gasteiger partial charge is 0.272 e. The SMILES string of the molecule is COc1ccc(C(NC(C)c2ccc(F)c(F)c2)c2cccc(CNc3c(OC(C)(C)C)c(=O)c3=O)c2)cc1. The average Bonchev–Trinajstić information content (AvgIpc) is 2.92. The molecule has 6 nitrogen and oxygen atoms in total. The van der Waals surface area contributed by atoms with E-state index in [1.807, 2.05) is 76.2 Å². The minimum Gasteiger partial charge on any atom is -0.497 e. The van der Waals surface area contributed by atoms with Crippen LogP contribution in [0.3, 0.4) is 0 Å². The van der Waals surface area contributed by atoms with Gasteiger partial charge >= 0.3 is 0 Å². The van der Waals surface area contributed by atoms with Gasteiger partial charge in [-0.3, -0.25) is 14.9 Å². The molecule has 0 aromatic heterocycles. The lowest BCUT2D eigenvalue weighted by Gasteiger charge is -2.26. The van der Waals surface area contributed by atoms with E-state index in [1.54, 1.807) is 13.2 Å². The molecule has 0 spiro atoms. The highest BCUT2D eigenvalue weighted by Gasteiger charge is 2.27. The zero-order valence-corrected chi connectivity index (χ0v) is 22.6. The molecule has 0 aliphatic heterocycles. The van der Waals surface area contributed by atoms with E-state index in [9.17, 15) is 18.4 Å². The fraction of sp³-hybridized carbons (Fsp3) is 0.290. The van der Waals surface area contributed by atoms with Gasteiger partial charge in [0.05, 0.1) is 13.2 Å². The second-order valence-corrected chi connectivity index (χ2v) is 10.4. The average molecular weight is 535 g/mol. The van der Waals surface area contributed by atoms with Crippen molar-refractivity contribution in [2.75, 3.05) is 12.4 Å². The summed E-state index contributed by atoms with van der Waals surface area (Å²) in [5.74, 6) is -1.02. The normalized spacial score (nSPS) is 13.2. The van der Waals surface area contributed by atoms with Gasteiger partial charge in [0.25, 0.3) is 10.9 Å². The van der Waals surface area contributed by atoms with Crippen LogP contribution in [0.1, 0.15) is 62.0 Å². The number of ether oxygens (including phenoxy) is 2. The first-order valence-electron chi connectivity index (χ1n) is 12.7. The van der Waals surface area contributed by atoms with Crippen LogP contribution in [0.2, 0.25) is 0 Å². The number of anilines is 1. The highest BCUT2D eigenvalue weighted by atomic mass is 19.2. The summed E-state index contributed by atoms with van der Waals surface area (Å²) < 4.78 is 38.4. The molecule has 0 heterocycles. The minimum absolute atomic E-state index is 0.0572. The van der Waals surface area contributed by atoms with E-state index >= 15 is 0 Å². The number of rotatable bonds is 10. The van der Waals surface area contributed by atoms with Crippen molar-refractivity contribution in [2.45, 2.75) is 51.9 Å². The number of halogens is 2. The fourth-order valence-corrected chi connectivity index (χ4v) is 4.32. The standard InChI is InChI=1S/C31H32F2N2O4/c1-18(21-11-14-24(32)25(33)16-21)35-26(20-9-12-23(38-5)13-10-20)22-8-6-7-19(15-22)17-34-27-28(36)29(37)30(27)39-31(2,3)4/h6-16,18,26,34-35H,17H2,1-5H3. The van der Waals surface area contributed by atoms with Crippen LogP contribution < -0.4 is 31.0 Å². The Hall–Kier alpha value is -4.04. The van der Waals surface area contributed by atoms with Crippen LogP contribution >= 0.6 is 0 Å². The quantitative estimate of drug-likeness (QED) is 0.251. The Bertz CT molecular complexity index is 1520. The summed E-state index contributed by atoms with van der Waals surface area (Å²) >= 11 is 0. The highest BCUT2D eigenvalue weighted by Crippen LogP contribution is 2.29. The van der Waals surface area contributed by atoms with E-state index in [2.05, 4.69) is 10.6 Å². The predicted molar refractivity (Wildman–Crippen MR) is 148 cm³/mol. The van der Waals surface area contributed by atoms with Gasteiger partial charge in [-0.2, -0.15) is 0 Å². The third-order valence-electron chi connectivity index (χ3n) is 6.34. The van der Waals surface area contributed by atoms with Crippen molar-refractivity contribution < 1.29 is 18.3 Å². The van der Waals surface area contributed by atoms with Crippen molar-refractivity contribution in [3.8, 4) is 11.5 Å². The molecule has 0 amide bonds. The maximum absolute atomic E-state index is 13.9. The Morgan fingerprint density at radius 3 is 2.18 bits per heavy atom. The summed E-state index contributed by atoms with van der Waals surface area (Å²) in [5.41, 5.74) is 1.69. The molecule has 0 aliphatic rings. The number of hydrogen-bond donors (Lipinski definition) is 2. The zero-order valence-electron chi connectivity index (χ0n) is 22.6. The monoisotopic (exact) mass is 534 g/mol. The third kappa shape index (κ3) is 6.52. The molecule has 39 heavy (non-hydrogen) atoms. The Balaban J connectivity index is 1.60. The molecule has 8 heteroatoms. The van der Waals surface area contributed by atoms with Crippen molar-refractivity contribution >= 4 is 5.69 Å². The first-order chi connectivity index (χ1) is 18.5. The third-order valence-corrected chi connectivity index (χ3v) is 6.34. The van der Waals surface area contributed by atoms with E-state index in [0.717, 1.165) is 22.8 Å². The number of nitrogens with one attached hydrogen (secondary N) is 2. The number of methoxy groups -OCH3 is 1. The van der Waals surface area contributed by atoms with E-state index in [-0.39, 0.29) is 23.5 Å². The Morgan fingerprint density at radius 1 is 0.846 bits per heavy atom. The van der Waals surface area contributed by atoms with Crippen LogP contribution in [0, 0.1) is 11.6 Å². The molecule has 0 fully saturated rings. The maximum Gasteiger partial charge on any atom is 0.272 e. The molecule has 0 saturated carbocycles. The van der Waals surface area contributed by atoms with E-state index in [1.165, 1.54) is 6.07 Å². The summed E-state index contributed by atoms with van der Waals surface area (Å²) in [4.78, 5) is 24.2. The molecule has 2 N–H and O–H groups in total. The first kappa shape index (κ1) is 28.0. The van der Waals surface area contributed by atoms with Crippen molar-refractivity contribution in [1.29, 1.82) is 0 Å². The van der Waals surface area contributed by atoms with Crippen molar-refractivity contribution in [3.05, 3.63) is 121 Å². The van der Waals surface area contributed by atoms with Gasteiger partial charge in [-0.1, -0.05) is 42.5 Å². The molecular formula is C31H32F2N2O4. The van der Waals surface area contributed by atoms with Gasteiger partial charge in [0.1, 0.15) is 17.0 Å². The summed E-state index contributed by atoms with van der Waals surface area (Å²) in [7, 11) is 1.60. The summed E-state index contributed by atoms with van der Waals surface area (Å²) in [5, 5.41) is 6.59. The number of benzene rings is 3. The van der Waals surface area contributed by atoms with Crippen LogP contribution in [0.25, 0.3) is 0 Å². The first-order valence-corrected chi connectivity index (χ1v) is 12.7. The largest absolute Gasteiger partial charge is 0.497 e. The van der Waals surface area contributed by atoms with Gasteiger partial charge in [0, 0.05) is 12.6 Å². The van der Waals surface area contributed by atoms with Crippen LogP contribution in [0.15, 0.2) is 76.3 Å².